The van der Waals surface area contributed by atoms with Crippen LogP contribution in [-0.4, -0.2) is 12.2 Å². The van der Waals surface area contributed by atoms with E-state index in [1.807, 2.05) is 0 Å². The fourth-order valence-corrected chi connectivity index (χ4v) is 14.9. The molecule has 0 radical (unpaired) electrons. The fraction of sp³-hybridized carbons (Fsp3) is 0.122. The van der Waals surface area contributed by atoms with Gasteiger partial charge in [-0.15, -0.1) is 0 Å². The van der Waals surface area contributed by atoms with Gasteiger partial charge in [0.25, 0.3) is 0 Å². The molecule has 1 aliphatic heterocycles. The molecule has 0 amide bonds. The number of benzene rings is 6. The molecule has 0 saturated carbocycles. The van der Waals surface area contributed by atoms with Crippen LogP contribution in [0.3, 0.4) is 0 Å². The molecule has 220 valence electrons. The second-order valence-corrected chi connectivity index (χ2v) is 16.8. The highest BCUT2D eigenvalue weighted by Gasteiger charge is 2.57. The summed E-state index contributed by atoms with van der Waals surface area (Å²) in [4.78, 5) is -0.434. The maximum Gasteiger partial charge on any atom is 0.132 e. The van der Waals surface area contributed by atoms with Crippen LogP contribution >= 0.6 is 15.8 Å². The lowest BCUT2D eigenvalue weighted by Gasteiger charge is -2.47. The first kappa shape index (κ1) is 28.3. The number of ether oxygens (including phenoxy) is 2. The summed E-state index contributed by atoms with van der Waals surface area (Å²) in [6, 6.07) is 58.3. The van der Waals surface area contributed by atoms with Gasteiger partial charge in [-0.25, -0.2) is 0 Å². The van der Waals surface area contributed by atoms with Crippen LogP contribution < -0.4 is 30.7 Å². The van der Waals surface area contributed by atoms with Crippen molar-refractivity contribution in [2.75, 3.05) is 0 Å². The number of hydrogen-bond acceptors (Lipinski definition) is 2. The van der Waals surface area contributed by atoms with Crippen LogP contribution in [0.25, 0.3) is 11.1 Å². The Morgan fingerprint density at radius 2 is 0.711 bits per heavy atom. The Bertz CT molecular complexity index is 1720. The highest BCUT2D eigenvalue weighted by Crippen LogP contribution is 2.79. The SMILES string of the molecule is CC1Oc2cccc3c2-c2c(cccc2C3(P(c2ccccc2)c2ccccc2)P(c2ccccc2)c2ccccc2)OC1C. The summed E-state index contributed by atoms with van der Waals surface area (Å²) < 4.78 is 13.6. The topological polar surface area (TPSA) is 18.5 Å². The number of hydrogen-bond donors (Lipinski definition) is 0. The first-order chi connectivity index (χ1) is 22.2. The summed E-state index contributed by atoms with van der Waals surface area (Å²) in [6.45, 7) is 4.23. The predicted molar refractivity (Wildman–Crippen MR) is 191 cm³/mol. The van der Waals surface area contributed by atoms with Gasteiger partial charge in [-0.1, -0.05) is 146 Å². The molecule has 0 bridgehead atoms. The molecule has 4 heteroatoms. The lowest BCUT2D eigenvalue weighted by atomic mass is 10.0. The standard InChI is InChI=1S/C41H34O2P2/c1-29-30(2)43-38-28-16-26-36-40(38)39-35(25-15-27-37(39)42-29)41(36,44(31-17-7-3-8-18-31)32-19-9-4-10-20-32)45(33-21-11-5-12-22-33)34-23-13-6-14-24-34/h3-30H,1-2H3. The Kier molecular flexibility index (Phi) is 7.29. The highest BCUT2D eigenvalue weighted by molar-refractivity contribution is 7.90. The summed E-state index contributed by atoms with van der Waals surface area (Å²) in [5, 5.41) is 5.41. The van der Waals surface area contributed by atoms with Crippen molar-refractivity contribution in [3.05, 3.63) is 169 Å². The van der Waals surface area contributed by atoms with Gasteiger partial charge in [-0.2, -0.15) is 0 Å². The van der Waals surface area contributed by atoms with E-state index >= 15 is 0 Å². The molecule has 0 fully saturated rings. The Hall–Kier alpha value is -4.22. The second kappa shape index (κ2) is 11.6. The van der Waals surface area contributed by atoms with E-state index in [1.54, 1.807) is 0 Å². The Labute approximate surface area is 268 Å². The fourth-order valence-electron chi connectivity index (χ4n) is 7.03. The molecule has 6 aromatic carbocycles. The van der Waals surface area contributed by atoms with E-state index in [9.17, 15) is 0 Å². The van der Waals surface area contributed by atoms with E-state index in [2.05, 4.69) is 172 Å². The van der Waals surface area contributed by atoms with Crippen LogP contribution in [0, 0.1) is 0 Å². The largest absolute Gasteiger partial charge is 0.486 e. The van der Waals surface area contributed by atoms with E-state index in [-0.39, 0.29) is 12.2 Å². The molecule has 1 heterocycles. The lowest BCUT2D eigenvalue weighted by Crippen LogP contribution is -2.36. The molecule has 0 spiro atoms. The molecule has 6 aromatic rings. The molecule has 8 rings (SSSR count). The smallest absolute Gasteiger partial charge is 0.132 e. The van der Waals surface area contributed by atoms with Crippen LogP contribution in [-0.2, 0) is 4.90 Å². The van der Waals surface area contributed by atoms with Gasteiger partial charge in [0.1, 0.15) is 23.7 Å². The van der Waals surface area contributed by atoms with Crippen molar-refractivity contribution in [3.8, 4) is 22.6 Å². The van der Waals surface area contributed by atoms with E-state index in [1.165, 1.54) is 43.5 Å². The molecule has 2 unspecified atom stereocenters. The first-order valence-corrected chi connectivity index (χ1v) is 18.3. The average Bonchev–Trinajstić information content (AvgIpc) is 3.38. The van der Waals surface area contributed by atoms with Gasteiger partial charge >= 0.3 is 0 Å². The minimum atomic E-state index is -1.01. The monoisotopic (exact) mass is 620 g/mol. The quantitative estimate of drug-likeness (QED) is 0.174. The maximum atomic E-state index is 6.79. The molecule has 2 nitrogen and oxygen atoms in total. The molecule has 0 N–H and O–H groups in total. The van der Waals surface area contributed by atoms with E-state index in [4.69, 9.17) is 9.47 Å². The second-order valence-electron chi connectivity index (χ2n) is 11.7. The summed E-state index contributed by atoms with van der Waals surface area (Å²) >= 11 is 0. The highest BCUT2D eigenvalue weighted by atomic mass is 31.2. The lowest BCUT2D eigenvalue weighted by molar-refractivity contribution is 0.0762. The van der Waals surface area contributed by atoms with E-state index < -0.39 is 20.7 Å². The van der Waals surface area contributed by atoms with Crippen molar-refractivity contribution >= 4 is 37.1 Å². The van der Waals surface area contributed by atoms with Crippen LogP contribution in [0.15, 0.2) is 158 Å². The van der Waals surface area contributed by atoms with Crippen molar-refractivity contribution in [2.45, 2.75) is 31.0 Å². The van der Waals surface area contributed by atoms with Crippen LogP contribution in [0.4, 0.5) is 0 Å². The van der Waals surface area contributed by atoms with Crippen LogP contribution in [0.1, 0.15) is 25.0 Å². The maximum absolute atomic E-state index is 6.79. The Morgan fingerprint density at radius 1 is 0.400 bits per heavy atom. The minimum Gasteiger partial charge on any atom is -0.486 e. The third-order valence-electron chi connectivity index (χ3n) is 9.05. The average molecular weight is 621 g/mol. The van der Waals surface area contributed by atoms with Gasteiger partial charge < -0.3 is 9.47 Å². The van der Waals surface area contributed by atoms with Crippen molar-refractivity contribution in [2.24, 2.45) is 0 Å². The van der Waals surface area contributed by atoms with Gasteiger partial charge in [0, 0.05) is 11.1 Å². The predicted octanol–water partition coefficient (Wildman–Crippen LogP) is 8.68. The molecule has 2 aliphatic rings. The van der Waals surface area contributed by atoms with E-state index in [0.29, 0.717) is 0 Å². The van der Waals surface area contributed by atoms with Gasteiger partial charge in [0.2, 0.25) is 0 Å². The zero-order valence-electron chi connectivity index (χ0n) is 25.4. The summed E-state index contributed by atoms with van der Waals surface area (Å²) in [5.74, 6) is 1.88. The van der Waals surface area contributed by atoms with Crippen molar-refractivity contribution < 1.29 is 9.47 Å². The van der Waals surface area contributed by atoms with Gasteiger partial charge in [-0.05, 0) is 74.2 Å². The van der Waals surface area contributed by atoms with Crippen molar-refractivity contribution in [1.29, 1.82) is 0 Å². The molecule has 0 aromatic heterocycles. The van der Waals surface area contributed by atoms with Crippen molar-refractivity contribution in [1.82, 2.24) is 0 Å². The number of rotatable bonds is 6. The molecular weight excluding hydrogens is 586 g/mol. The molecule has 1 aliphatic carbocycles. The van der Waals surface area contributed by atoms with Gasteiger partial charge in [0.05, 0.1) is 4.90 Å². The summed E-state index contributed by atoms with van der Waals surface area (Å²) in [5.41, 5.74) is 5.01. The molecule has 45 heavy (non-hydrogen) atoms. The normalized spacial score (nSPS) is 17.6. The van der Waals surface area contributed by atoms with E-state index in [0.717, 1.165) is 11.5 Å². The third-order valence-corrected chi connectivity index (χ3v) is 15.8. The van der Waals surface area contributed by atoms with Gasteiger partial charge in [-0.3, -0.25) is 0 Å². The van der Waals surface area contributed by atoms with Crippen LogP contribution in [0.2, 0.25) is 0 Å². The first-order valence-electron chi connectivity index (χ1n) is 15.6. The Balaban J connectivity index is 1.59. The molecule has 0 saturated heterocycles. The minimum absolute atomic E-state index is 0.0992. The Morgan fingerprint density at radius 3 is 1.02 bits per heavy atom. The van der Waals surface area contributed by atoms with Gasteiger partial charge in [0.15, 0.2) is 0 Å². The summed E-state index contributed by atoms with van der Waals surface area (Å²) in [6.07, 6.45) is -0.198. The van der Waals surface area contributed by atoms with Crippen molar-refractivity contribution in [3.63, 3.8) is 0 Å². The van der Waals surface area contributed by atoms with Crippen LogP contribution in [0.5, 0.6) is 11.5 Å². The third kappa shape index (κ3) is 4.54. The zero-order chi connectivity index (χ0) is 30.4. The molecule has 2 atom stereocenters. The zero-order valence-corrected chi connectivity index (χ0v) is 27.2. The summed E-state index contributed by atoms with van der Waals surface area (Å²) in [7, 11) is -2.03. The molecular formula is C41H34O2P2.